The van der Waals surface area contributed by atoms with Crippen LogP contribution in [0.2, 0.25) is 0 Å². The summed E-state index contributed by atoms with van der Waals surface area (Å²) in [6.45, 7) is -0.309. The van der Waals surface area contributed by atoms with E-state index >= 15 is 0 Å². The average Bonchev–Trinajstić information content (AvgIpc) is 3.39. The highest BCUT2D eigenvalue weighted by Crippen LogP contribution is 2.25. The molecule has 0 atom stereocenters. The molecule has 9 nitrogen and oxygen atoms in total. The van der Waals surface area contributed by atoms with Crippen LogP contribution in [0.3, 0.4) is 0 Å². The molecule has 0 bridgehead atoms. The van der Waals surface area contributed by atoms with Crippen molar-refractivity contribution in [1.29, 1.82) is 0 Å². The zero-order chi connectivity index (χ0) is 22.2. The summed E-state index contributed by atoms with van der Waals surface area (Å²) in [6, 6.07) is 13.3. The van der Waals surface area contributed by atoms with Gasteiger partial charge in [0.1, 0.15) is 11.5 Å². The fraction of sp³-hybridized carbons (Fsp3) is 0.143. The van der Waals surface area contributed by atoms with Gasteiger partial charge < -0.3 is 13.6 Å². The van der Waals surface area contributed by atoms with Crippen molar-refractivity contribution < 1.29 is 26.8 Å². The Hall–Kier alpha value is -3.79. The Labute approximate surface area is 177 Å². The van der Waals surface area contributed by atoms with Crippen LogP contribution < -0.4 is 10.5 Å². The molecule has 4 aromatic rings. The van der Waals surface area contributed by atoms with E-state index in [0.717, 1.165) is 4.31 Å². The Balaban J connectivity index is 1.79. The number of hydrogen-bond acceptors (Lipinski definition) is 7. The SMILES string of the molecule is COc1ccc(C(=O)N(Cc2ccco2)S(=O)(=O)c2ccc3c(c2)oc(=O)n3C)cc1. The molecule has 0 aliphatic rings. The molecule has 2 heterocycles. The number of amides is 1. The quantitative estimate of drug-likeness (QED) is 0.451. The number of nitrogens with zero attached hydrogens (tertiary/aromatic N) is 2. The van der Waals surface area contributed by atoms with E-state index in [1.165, 1.54) is 55.3 Å². The standard InChI is InChI=1S/C21H18N2O7S/c1-22-18-10-9-17(12-19(18)30-21(22)25)31(26,27)23(13-16-4-3-11-29-16)20(24)14-5-7-15(28-2)8-6-14/h3-12H,13H2,1-2H3. The maximum atomic E-state index is 13.4. The van der Waals surface area contributed by atoms with Crippen molar-refractivity contribution in [2.24, 2.45) is 7.05 Å². The molecule has 0 fully saturated rings. The van der Waals surface area contributed by atoms with E-state index in [1.807, 2.05) is 0 Å². The summed E-state index contributed by atoms with van der Waals surface area (Å²) in [5.41, 5.74) is 0.690. The summed E-state index contributed by atoms with van der Waals surface area (Å²) in [5.74, 6) is -0.542. The van der Waals surface area contributed by atoms with Gasteiger partial charge in [0, 0.05) is 18.7 Å². The molecule has 160 valence electrons. The number of fused-ring (bicyclic) bond motifs is 1. The Morgan fingerprint density at radius 1 is 1.13 bits per heavy atom. The molecule has 0 aliphatic heterocycles. The third-order valence-corrected chi connectivity index (χ3v) is 6.52. The van der Waals surface area contributed by atoms with Crippen molar-refractivity contribution in [3.05, 3.63) is 82.7 Å². The van der Waals surface area contributed by atoms with Gasteiger partial charge in [-0.05, 0) is 48.5 Å². The van der Waals surface area contributed by atoms with Gasteiger partial charge in [0.2, 0.25) is 0 Å². The fourth-order valence-electron chi connectivity index (χ4n) is 3.09. The van der Waals surface area contributed by atoms with Crippen LogP contribution in [0.15, 0.2) is 79.4 Å². The molecule has 4 rings (SSSR count). The molecule has 2 aromatic heterocycles. The first-order chi connectivity index (χ1) is 14.8. The van der Waals surface area contributed by atoms with Crippen LogP contribution in [0.25, 0.3) is 11.1 Å². The fourth-order valence-corrected chi connectivity index (χ4v) is 4.46. The van der Waals surface area contributed by atoms with Gasteiger partial charge in [-0.3, -0.25) is 9.36 Å². The molecule has 10 heteroatoms. The number of furan rings is 1. The molecule has 0 saturated heterocycles. The molecule has 0 spiro atoms. The second-order valence-electron chi connectivity index (χ2n) is 6.68. The lowest BCUT2D eigenvalue weighted by Gasteiger charge is -2.22. The van der Waals surface area contributed by atoms with E-state index in [9.17, 15) is 18.0 Å². The van der Waals surface area contributed by atoms with Gasteiger partial charge in [-0.25, -0.2) is 17.5 Å². The number of carbonyl (C=O) groups excluding carboxylic acids is 1. The van der Waals surface area contributed by atoms with E-state index in [4.69, 9.17) is 13.6 Å². The minimum absolute atomic E-state index is 0.100. The van der Waals surface area contributed by atoms with Crippen molar-refractivity contribution in [3.8, 4) is 5.75 Å². The molecule has 1 amide bonds. The van der Waals surface area contributed by atoms with Gasteiger partial charge in [-0.1, -0.05) is 0 Å². The molecule has 31 heavy (non-hydrogen) atoms. The lowest BCUT2D eigenvalue weighted by molar-refractivity contribution is 0.0848. The van der Waals surface area contributed by atoms with Crippen LogP contribution in [-0.4, -0.2) is 30.3 Å². The first kappa shape index (κ1) is 20.5. The second-order valence-corrected chi connectivity index (χ2v) is 8.54. The van der Waals surface area contributed by atoms with Crippen molar-refractivity contribution in [1.82, 2.24) is 8.87 Å². The van der Waals surface area contributed by atoms with E-state index < -0.39 is 21.7 Å². The number of aromatic nitrogens is 1. The maximum absolute atomic E-state index is 13.4. The topological polar surface area (TPSA) is 112 Å². The number of ether oxygens (including phenoxy) is 1. The summed E-state index contributed by atoms with van der Waals surface area (Å²) in [7, 11) is -1.31. The van der Waals surface area contributed by atoms with E-state index in [0.29, 0.717) is 11.3 Å². The predicted octanol–water partition coefficient (Wildman–Crippen LogP) is 2.76. The molecule has 0 unspecified atom stereocenters. The zero-order valence-corrected chi connectivity index (χ0v) is 17.5. The van der Waals surface area contributed by atoms with Crippen molar-refractivity contribution in [2.45, 2.75) is 11.4 Å². The van der Waals surface area contributed by atoms with Gasteiger partial charge in [-0.15, -0.1) is 0 Å². The normalized spacial score (nSPS) is 11.5. The van der Waals surface area contributed by atoms with Crippen LogP contribution in [0, 0.1) is 0 Å². The number of sulfonamides is 1. The Morgan fingerprint density at radius 3 is 2.52 bits per heavy atom. The summed E-state index contributed by atoms with van der Waals surface area (Å²) >= 11 is 0. The highest BCUT2D eigenvalue weighted by molar-refractivity contribution is 7.89. The van der Waals surface area contributed by atoms with Gasteiger partial charge in [-0.2, -0.15) is 0 Å². The van der Waals surface area contributed by atoms with E-state index in [2.05, 4.69) is 0 Å². The zero-order valence-electron chi connectivity index (χ0n) is 16.6. The van der Waals surface area contributed by atoms with Gasteiger partial charge in [0.05, 0.1) is 30.3 Å². The number of carbonyl (C=O) groups is 1. The van der Waals surface area contributed by atoms with E-state index in [-0.39, 0.29) is 28.3 Å². The Bertz CT molecular complexity index is 1400. The Morgan fingerprint density at radius 2 is 1.87 bits per heavy atom. The van der Waals surface area contributed by atoms with Crippen molar-refractivity contribution >= 4 is 27.0 Å². The lowest BCUT2D eigenvalue weighted by atomic mass is 10.2. The minimum Gasteiger partial charge on any atom is -0.497 e. The monoisotopic (exact) mass is 442 g/mol. The Kier molecular flexibility index (Phi) is 5.15. The smallest absolute Gasteiger partial charge is 0.419 e. The number of aryl methyl sites for hydroxylation is 1. The molecular formula is C21H18N2O7S. The van der Waals surface area contributed by atoms with Gasteiger partial charge in [0.15, 0.2) is 5.58 Å². The number of hydrogen-bond donors (Lipinski definition) is 0. The highest BCUT2D eigenvalue weighted by Gasteiger charge is 2.32. The third kappa shape index (κ3) is 3.73. The number of oxazole rings is 1. The van der Waals surface area contributed by atoms with Crippen LogP contribution in [-0.2, 0) is 23.6 Å². The van der Waals surface area contributed by atoms with Gasteiger partial charge >= 0.3 is 5.76 Å². The number of benzene rings is 2. The lowest BCUT2D eigenvalue weighted by Crippen LogP contribution is -2.36. The second kappa shape index (κ2) is 7.80. The summed E-state index contributed by atoms with van der Waals surface area (Å²) in [5, 5.41) is 0. The summed E-state index contributed by atoms with van der Waals surface area (Å²) < 4.78 is 44.3. The number of methoxy groups -OCH3 is 1. The average molecular weight is 442 g/mol. The molecule has 0 aliphatic carbocycles. The molecular weight excluding hydrogens is 424 g/mol. The van der Waals surface area contributed by atoms with Crippen LogP contribution in [0.1, 0.15) is 16.1 Å². The predicted molar refractivity (Wildman–Crippen MR) is 110 cm³/mol. The molecule has 0 N–H and O–H groups in total. The summed E-state index contributed by atoms with van der Waals surface area (Å²) in [6.07, 6.45) is 1.39. The highest BCUT2D eigenvalue weighted by atomic mass is 32.2. The maximum Gasteiger partial charge on any atom is 0.419 e. The first-order valence-electron chi connectivity index (χ1n) is 9.14. The third-order valence-electron chi connectivity index (χ3n) is 4.79. The van der Waals surface area contributed by atoms with Crippen LogP contribution >= 0.6 is 0 Å². The number of rotatable bonds is 6. The van der Waals surface area contributed by atoms with Crippen LogP contribution in [0.5, 0.6) is 5.75 Å². The minimum atomic E-state index is -4.31. The van der Waals surface area contributed by atoms with Crippen molar-refractivity contribution in [3.63, 3.8) is 0 Å². The first-order valence-corrected chi connectivity index (χ1v) is 10.6. The summed E-state index contributed by atoms with van der Waals surface area (Å²) in [4.78, 5) is 24.8. The van der Waals surface area contributed by atoms with Gasteiger partial charge in [0.25, 0.3) is 15.9 Å². The molecule has 0 radical (unpaired) electrons. The molecule has 0 saturated carbocycles. The van der Waals surface area contributed by atoms with Crippen molar-refractivity contribution in [2.75, 3.05) is 7.11 Å². The van der Waals surface area contributed by atoms with Crippen LogP contribution in [0.4, 0.5) is 0 Å². The molecule has 2 aromatic carbocycles. The van der Waals surface area contributed by atoms with E-state index in [1.54, 1.807) is 24.3 Å². The largest absolute Gasteiger partial charge is 0.497 e.